The zero-order valence-electron chi connectivity index (χ0n) is 20.8. The first-order chi connectivity index (χ1) is 18.5. The average Bonchev–Trinajstić information content (AvgIpc) is 3.33. The van der Waals surface area contributed by atoms with Crippen molar-refractivity contribution < 1.29 is 38.5 Å². The molecule has 0 saturated heterocycles. The van der Waals surface area contributed by atoms with Crippen molar-refractivity contribution in [2.45, 2.75) is 13.3 Å². The van der Waals surface area contributed by atoms with Gasteiger partial charge in [0.15, 0.2) is 5.13 Å². The number of ether oxygens (including phenoxy) is 1. The van der Waals surface area contributed by atoms with Crippen LogP contribution in [0.1, 0.15) is 38.9 Å². The third-order valence-electron chi connectivity index (χ3n) is 5.38. The Bertz CT molecular complexity index is 1440. The lowest BCUT2D eigenvalue weighted by Crippen LogP contribution is -2.28. The van der Waals surface area contributed by atoms with Crippen LogP contribution in [0.15, 0.2) is 42.5 Å². The number of benzene rings is 2. The molecule has 2 amide bonds. The molecular weight excluding hydrogens is 533 g/mol. The monoisotopic (exact) mass is 557 g/mol. The molecule has 1 heterocycles. The van der Waals surface area contributed by atoms with Gasteiger partial charge in [-0.1, -0.05) is 23.5 Å². The van der Waals surface area contributed by atoms with Crippen LogP contribution in [0.3, 0.4) is 0 Å². The lowest BCUT2D eigenvalue weighted by molar-refractivity contribution is -0.116. The van der Waals surface area contributed by atoms with Crippen LogP contribution in [0.2, 0.25) is 0 Å². The van der Waals surface area contributed by atoms with Gasteiger partial charge in [-0.05, 0) is 37.3 Å². The van der Waals surface area contributed by atoms with Gasteiger partial charge in [0.1, 0.15) is 22.2 Å². The van der Waals surface area contributed by atoms with Crippen LogP contribution in [-0.4, -0.2) is 65.2 Å². The normalized spacial score (nSPS) is 10.4. The van der Waals surface area contributed by atoms with Crippen LogP contribution in [0.4, 0.5) is 20.0 Å². The molecule has 14 heteroatoms. The first kappa shape index (κ1) is 28.7. The van der Waals surface area contributed by atoms with E-state index in [9.17, 15) is 28.7 Å². The van der Waals surface area contributed by atoms with E-state index in [-0.39, 0.29) is 51.3 Å². The van der Waals surface area contributed by atoms with Crippen LogP contribution in [0, 0.1) is 11.2 Å². The van der Waals surface area contributed by atoms with E-state index in [1.54, 1.807) is 30.0 Å². The number of aromatic carboxylic acids is 1. The van der Waals surface area contributed by atoms with Gasteiger partial charge in [0, 0.05) is 36.3 Å². The first-order valence-corrected chi connectivity index (χ1v) is 12.2. The highest BCUT2D eigenvalue weighted by Crippen LogP contribution is 2.35. The van der Waals surface area contributed by atoms with E-state index < -0.39 is 29.7 Å². The number of hydrogen-bond acceptors (Lipinski definition) is 9. The van der Waals surface area contributed by atoms with Crippen LogP contribution in [-0.2, 0) is 9.53 Å². The number of aromatic nitrogens is 1. The van der Waals surface area contributed by atoms with Crippen molar-refractivity contribution in [3.63, 3.8) is 0 Å². The van der Waals surface area contributed by atoms with Crippen LogP contribution in [0.25, 0.3) is 11.3 Å². The quantitative estimate of drug-likeness (QED) is 0.140. The second-order valence-corrected chi connectivity index (χ2v) is 8.91. The van der Waals surface area contributed by atoms with E-state index in [2.05, 4.69) is 15.0 Å². The lowest BCUT2D eigenvalue weighted by Gasteiger charge is -2.19. The number of methoxy groups -OCH3 is 1. The lowest BCUT2D eigenvalue weighted by atomic mass is 10.1. The minimum Gasteiger partial charge on any atom is -0.477 e. The molecule has 0 atom stereocenters. The second kappa shape index (κ2) is 12.6. The molecule has 1 aromatic heterocycles. The number of carbonyl (C=O) groups is 4. The maximum atomic E-state index is 14.9. The van der Waals surface area contributed by atoms with E-state index in [0.717, 1.165) is 17.4 Å². The molecule has 0 aliphatic heterocycles. The number of carboxylic acids is 1. The molecule has 0 spiro atoms. The van der Waals surface area contributed by atoms with Crippen molar-refractivity contribution in [1.29, 1.82) is 5.41 Å². The second-order valence-electron chi connectivity index (χ2n) is 7.93. The summed E-state index contributed by atoms with van der Waals surface area (Å²) in [4.78, 5) is 52.7. The summed E-state index contributed by atoms with van der Waals surface area (Å²) in [7, 11) is 1.25. The summed E-state index contributed by atoms with van der Waals surface area (Å²) in [5, 5.41) is 30.9. The summed E-state index contributed by atoms with van der Waals surface area (Å²) >= 11 is 0.819. The predicted molar refractivity (Wildman–Crippen MR) is 141 cm³/mol. The van der Waals surface area contributed by atoms with Gasteiger partial charge in [0.2, 0.25) is 5.91 Å². The van der Waals surface area contributed by atoms with Crippen molar-refractivity contribution in [2.24, 2.45) is 0 Å². The molecule has 0 aliphatic carbocycles. The molecule has 204 valence electrons. The van der Waals surface area contributed by atoms with Gasteiger partial charge in [-0.15, -0.1) is 0 Å². The maximum absolute atomic E-state index is 14.9. The average molecular weight is 558 g/mol. The molecule has 0 radical (unpaired) electrons. The van der Waals surface area contributed by atoms with Gasteiger partial charge in [-0.25, -0.2) is 23.8 Å². The molecule has 12 nitrogen and oxygen atoms in total. The van der Waals surface area contributed by atoms with Gasteiger partial charge in [-0.2, -0.15) is 0 Å². The molecule has 39 heavy (non-hydrogen) atoms. The highest BCUT2D eigenvalue weighted by atomic mass is 32.1. The summed E-state index contributed by atoms with van der Waals surface area (Å²) in [5.74, 6) is -3.65. The van der Waals surface area contributed by atoms with Gasteiger partial charge < -0.3 is 25.2 Å². The topological polar surface area (TPSA) is 182 Å². The zero-order chi connectivity index (χ0) is 28.7. The molecule has 3 aromatic rings. The van der Waals surface area contributed by atoms with Crippen LogP contribution < -0.4 is 15.5 Å². The number of hydrogen-bond donors (Lipinski definition) is 5. The largest absolute Gasteiger partial charge is 0.477 e. The fraction of sp³-hybridized carbons (Fsp3) is 0.200. The molecular formula is C25H24FN5O7S. The highest BCUT2D eigenvalue weighted by molar-refractivity contribution is 7.17. The summed E-state index contributed by atoms with van der Waals surface area (Å²) < 4.78 is 19.6. The maximum Gasteiger partial charge on any atom is 0.410 e. The van der Waals surface area contributed by atoms with Crippen molar-refractivity contribution in [3.8, 4) is 11.3 Å². The first-order valence-electron chi connectivity index (χ1n) is 11.4. The van der Waals surface area contributed by atoms with Gasteiger partial charge >= 0.3 is 18.0 Å². The molecule has 0 fully saturated rings. The summed E-state index contributed by atoms with van der Waals surface area (Å²) in [6, 6.07) is 9.66. The third-order valence-corrected chi connectivity index (χ3v) is 6.49. The summed E-state index contributed by atoms with van der Waals surface area (Å²) in [6.07, 6.45) is -1.47. The van der Waals surface area contributed by atoms with Crippen LogP contribution >= 0.6 is 11.3 Å². The molecule has 0 bridgehead atoms. The molecule has 2 aromatic carbocycles. The Hall–Kier alpha value is -4.85. The number of anilines is 2. The Labute approximate surface area is 225 Å². The van der Waals surface area contributed by atoms with Crippen molar-refractivity contribution in [1.82, 2.24) is 10.3 Å². The van der Waals surface area contributed by atoms with Crippen molar-refractivity contribution >= 4 is 51.9 Å². The minimum absolute atomic E-state index is 0.00928. The standard InChI is InChI=1S/C25H24FN5O7S/c1-3-31(10-9-18(32)28-15-6-4-5-14(11-15)23(35)38-2)24-29-19(20(39-24)22(33)34)16-8-7-13(12-17(16)26)21(27)30-25(36)37/h4-8,11-12H,3,9-10H2,1-2H3,(H2,27,30)(H,28,32)(H,33,34)(H,36,37). The van der Waals surface area contributed by atoms with E-state index in [1.807, 2.05) is 5.32 Å². The van der Waals surface area contributed by atoms with Gasteiger partial charge in [0.25, 0.3) is 0 Å². The number of carboxylic acid groups (broad SMARTS) is 2. The number of rotatable bonds is 10. The molecule has 5 N–H and O–H groups in total. The SMILES string of the molecule is CCN(CCC(=O)Nc1cccc(C(=O)OC)c1)c1nc(-c2ccc(C(=N)NC(=O)O)cc2F)c(C(=O)O)s1. The zero-order valence-corrected chi connectivity index (χ0v) is 21.6. The molecule has 3 rings (SSSR count). The number of esters is 1. The van der Waals surface area contributed by atoms with Gasteiger partial charge in [0.05, 0.1) is 12.7 Å². The van der Waals surface area contributed by atoms with E-state index >= 15 is 0 Å². The number of nitrogens with one attached hydrogen (secondary N) is 3. The summed E-state index contributed by atoms with van der Waals surface area (Å²) in [6.45, 7) is 2.33. The number of thiazole rings is 1. The predicted octanol–water partition coefficient (Wildman–Crippen LogP) is 3.88. The number of nitrogens with zero attached hydrogens (tertiary/aromatic N) is 2. The smallest absolute Gasteiger partial charge is 0.410 e. The third kappa shape index (κ3) is 7.13. The molecule has 0 unspecified atom stereocenters. The Morgan fingerprint density at radius 3 is 2.49 bits per heavy atom. The van der Waals surface area contributed by atoms with E-state index in [4.69, 9.17) is 10.5 Å². The summed E-state index contributed by atoms with van der Waals surface area (Å²) in [5.41, 5.74) is 0.357. The van der Waals surface area contributed by atoms with E-state index in [1.165, 1.54) is 25.3 Å². The molecule has 0 aliphatic rings. The Balaban J connectivity index is 1.78. The highest BCUT2D eigenvalue weighted by Gasteiger charge is 2.24. The number of halogens is 1. The molecule has 0 saturated carbocycles. The minimum atomic E-state index is -1.48. The number of amides is 2. The Morgan fingerprint density at radius 2 is 1.87 bits per heavy atom. The van der Waals surface area contributed by atoms with Crippen LogP contribution in [0.5, 0.6) is 0 Å². The fourth-order valence-electron chi connectivity index (χ4n) is 3.50. The van der Waals surface area contributed by atoms with Gasteiger partial charge in [-0.3, -0.25) is 15.5 Å². The van der Waals surface area contributed by atoms with Crippen molar-refractivity contribution in [2.75, 3.05) is 30.4 Å². The number of carbonyl (C=O) groups excluding carboxylic acids is 2. The number of amidine groups is 1. The van der Waals surface area contributed by atoms with Crippen molar-refractivity contribution in [3.05, 3.63) is 64.3 Å². The van der Waals surface area contributed by atoms with E-state index in [0.29, 0.717) is 12.2 Å². The Kier molecular flexibility index (Phi) is 9.28. The fourth-order valence-corrected chi connectivity index (χ4v) is 4.51. The Morgan fingerprint density at radius 1 is 1.13 bits per heavy atom.